The van der Waals surface area contributed by atoms with Gasteiger partial charge in [-0.15, -0.1) is 0 Å². The number of carbonyl (C=O) groups is 1. The lowest BCUT2D eigenvalue weighted by Gasteiger charge is -2.31. The van der Waals surface area contributed by atoms with Crippen LogP contribution in [-0.2, 0) is 15.7 Å². The van der Waals surface area contributed by atoms with Gasteiger partial charge in [-0.3, -0.25) is 4.79 Å². The quantitative estimate of drug-likeness (QED) is 0.247. The van der Waals surface area contributed by atoms with Gasteiger partial charge in [-0.2, -0.15) is 26.3 Å². The minimum Gasteiger partial charge on any atom is -0.325 e. The van der Waals surface area contributed by atoms with E-state index in [1.165, 1.54) is 0 Å². The molecule has 2 aliphatic rings. The highest BCUT2D eigenvalue weighted by Gasteiger charge is 2.60. The van der Waals surface area contributed by atoms with Crippen LogP contribution in [0, 0.1) is 5.92 Å². The Bertz CT molecular complexity index is 1400. The van der Waals surface area contributed by atoms with Crippen LogP contribution in [0.5, 0.6) is 0 Å². The number of anilines is 1. The number of nitrogens with zero attached hydrogens (tertiary/aromatic N) is 1. The van der Waals surface area contributed by atoms with Crippen LogP contribution in [0.2, 0.25) is 0 Å². The first-order chi connectivity index (χ1) is 16.9. The summed E-state index contributed by atoms with van der Waals surface area (Å²) in [5.74, 6) is -0.0545. The molecule has 1 aliphatic heterocycles. The number of rotatable bonds is 4. The number of nitrogens with one attached hydrogen (secondary N) is 1. The normalized spacial score (nSPS) is 20.5. The summed E-state index contributed by atoms with van der Waals surface area (Å²) in [4.78, 5) is 12.2. The molecule has 11 heteroatoms. The molecule has 1 aliphatic carbocycles. The number of benzene rings is 3. The molecule has 1 heterocycles. The fraction of sp³-hybridized carbons (Fsp3) is 0.280. The van der Waals surface area contributed by atoms with Crippen LogP contribution in [0.3, 0.4) is 0 Å². The third-order valence-electron chi connectivity index (χ3n) is 6.30. The van der Waals surface area contributed by atoms with Crippen molar-refractivity contribution in [3.05, 3.63) is 75.8 Å². The summed E-state index contributed by atoms with van der Waals surface area (Å²) in [6, 6.07) is 12.6. The molecule has 3 aromatic rings. The van der Waals surface area contributed by atoms with E-state index in [-0.39, 0.29) is 34.0 Å². The van der Waals surface area contributed by atoms with E-state index < -0.39 is 34.6 Å². The number of hydrogen-bond donors (Lipinski definition) is 1. The fourth-order valence-electron chi connectivity index (χ4n) is 4.20. The number of hydrogen-bond acceptors (Lipinski definition) is 3. The average Bonchev–Trinajstić information content (AvgIpc) is 3.55. The second kappa shape index (κ2) is 8.79. The zero-order valence-electron chi connectivity index (χ0n) is 18.3. The maximum Gasteiger partial charge on any atom is 0.416 e. The first-order valence-corrected chi connectivity index (χ1v) is 12.5. The number of carbonyl (C=O) groups excluding carboxylic acids is 1. The van der Waals surface area contributed by atoms with Gasteiger partial charge < -0.3 is 5.32 Å². The van der Waals surface area contributed by atoms with Crippen LogP contribution in [0.25, 0.3) is 10.8 Å². The van der Waals surface area contributed by atoms with Gasteiger partial charge in [0.05, 0.1) is 11.3 Å². The van der Waals surface area contributed by atoms with Gasteiger partial charge >= 0.3 is 12.4 Å². The van der Waals surface area contributed by atoms with Crippen molar-refractivity contribution >= 4 is 56.0 Å². The van der Waals surface area contributed by atoms with Gasteiger partial charge in [0.2, 0.25) is 5.91 Å². The fourth-order valence-corrected chi connectivity index (χ4v) is 5.65. The predicted molar refractivity (Wildman–Crippen MR) is 131 cm³/mol. The highest BCUT2D eigenvalue weighted by atomic mass is 79.9. The Morgan fingerprint density at radius 2 is 1.78 bits per heavy atom. The molecule has 0 spiro atoms. The summed E-state index contributed by atoms with van der Waals surface area (Å²) in [6.07, 6.45) is -8.60. The first-order valence-electron chi connectivity index (χ1n) is 10.9. The lowest BCUT2D eigenvalue weighted by molar-refractivity contribution is -0.160. The van der Waals surface area contributed by atoms with Crippen molar-refractivity contribution < 1.29 is 31.1 Å². The summed E-state index contributed by atoms with van der Waals surface area (Å²) in [7, 11) is 0. The molecule has 5 rings (SSSR count). The SMILES string of the molecule is O=C(Nc1cccc2cc(C3=NSC(c4cc(Br)cc(C(F)(F)F)c4)(C(F)(F)F)C3)ccc12)C1CC1. The Labute approximate surface area is 214 Å². The molecule has 0 radical (unpaired) electrons. The van der Waals surface area contributed by atoms with E-state index in [0.29, 0.717) is 22.7 Å². The monoisotopic (exact) mass is 586 g/mol. The molecule has 3 nitrogen and oxygen atoms in total. The van der Waals surface area contributed by atoms with Gasteiger partial charge in [0.25, 0.3) is 0 Å². The van der Waals surface area contributed by atoms with Crippen molar-refractivity contribution in [1.82, 2.24) is 0 Å². The van der Waals surface area contributed by atoms with Gasteiger partial charge in [0, 0.05) is 27.9 Å². The maximum atomic E-state index is 14.4. The third-order valence-corrected chi connectivity index (χ3v) is 7.99. The molecular formula is C25H17BrF6N2OS. The highest BCUT2D eigenvalue weighted by Crippen LogP contribution is 2.57. The van der Waals surface area contributed by atoms with E-state index in [1.54, 1.807) is 36.4 Å². The molecule has 1 atom stereocenters. The van der Waals surface area contributed by atoms with E-state index in [4.69, 9.17) is 0 Å². The molecule has 36 heavy (non-hydrogen) atoms. The zero-order valence-corrected chi connectivity index (χ0v) is 20.7. The van der Waals surface area contributed by atoms with E-state index in [0.717, 1.165) is 30.4 Å². The number of fused-ring (bicyclic) bond motifs is 1. The van der Waals surface area contributed by atoms with Crippen molar-refractivity contribution in [3.8, 4) is 0 Å². The second-order valence-corrected chi connectivity index (χ2v) is 10.8. The van der Waals surface area contributed by atoms with Crippen LogP contribution in [0.1, 0.15) is 36.0 Å². The summed E-state index contributed by atoms with van der Waals surface area (Å²) in [6.45, 7) is 0. The number of alkyl halides is 6. The summed E-state index contributed by atoms with van der Waals surface area (Å²) >= 11 is 3.15. The van der Waals surface area contributed by atoms with Gasteiger partial charge in [0.1, 0.15) is 0 Å². The Kier molecular flexibility index (Phi) is 6.14. The van der Waals surface area contributed by atoms with Crippen molar-refractivity contribution in [1.29, 1.82) is 0 Å². The second-order valence-electron chi connectivity index (χ2n) is 8.86. The summed E-state index contributed by atoms with van der Waals surface area (Å²) in [5.41, 5.74) is -0.530. The topological polar surface area (TPSA) is 41.5 Å². The predicted octanol–water partition coefficient (Wildman–Crippen LogP) is 8.27. The molecule has 3 aromatic carbocycles. The largest absolute Gasteiger partial charge is 0.416 e. The van der Waals surface area contributed by atoms with E-state index in [2.05, 4.69) is 25.6 Å². The number of halogens is 7. The molecule has 0 bridgehead atoms. The zero-order chi connectivity index (χ0) is 25.9. The maximum absolute atomic E-state index is 14.4. The average molecular weight is 587 g/mol. The highest BCUT2D eigenvalue weighted by molar-refractivity contribution is 9.10. The molecular weight excluding hydrogens is 570 g/mol. The van der Waals surface area contributed by atoms with Gasteiger partial charge in [0.15, 0.2) is 4.75 Å². The Morgan fingerprint density at radius 1 is 1.03 bits per heavy atom. The molecule has 1 N–H and O–H groups in total. The van der Waals surface area contributed by atoms with Gasteiger partial charge in [-0.05, 0) is 71.6 Å². The van der Waals surface area contributed by atoms with Crippen molar-refractivity contribution in [2.45, 2.75) is 36.4 Å². The summed E-state index contributed by atoms with van der Waals surface area (Å²) < 4.78 is 84.6. The van der Waals surface area contributed by atoms with Crippen LogP contribution < -0.4 is 5.32 Å². The number of amides is 1. The van der Waals surface area contributed by atoms with E-state index in [1.807, 2.05) is 0 Å². The van der Waals surface area contributed by atoms with Crippen molar-refractivity contribution in [2.24, 2.45) is 10.3 Å². The molecule has 1 unspecified atom stereocenters. The van der Waals surface area contributed by atoms with Gasteiger partial charge in [-0.1, -0.05) is 40.2 Å². The first kappa shape index (κ1) is 25.1. The lowest BCUT2D eigenvalue weighted by Crippen LogP contribution is -2.39. The van der Waals surface area contributed by atoms with Crippen LogP contribution >= 0.6 is 27.9 Å². The minimum atomic E-state index is -4.87. The lowest BCUT2D eigenvalue weighted by atomic mass is 9.88. The summed E-state index contributed by atoms with van der Waals surface area (Å²) in [5, 5.41) is 4.32. The minimum absolute atomic E-state index is 0.00998. The Morgan fingerprint density at radius 3 is 2.44 bits per heavy atom. The van der Waals surface area contributed by atoms with E-state index in [9.17, 15) is 31.1 Å². The standard InChI is InChI=1S/C25H17BrF6N2OS/c26-18-10-16(9-17(11-18)24(27,28)29)23(25(30,31)32)12-21(34-36-23)15-6-7-19-14(8-15)2-1-3-20(19)33-22(35)13-4-5-13/h1-3,6-11,13H,4-5,12H2,(H,33,35). The molecule has 1 fully saturated rings. The molecule has 0 saturated heterocycles. The molecule has 1 amide bonds. The Hall–Kier alpha value is -2.53. The van der Waals surface area contributed by atoms with Crippen LogP contribution in [0.4, 0.5) is 32.0 Å². The van der Waals surface area contributed by atoms with E-state index >= 15 is 0 Å². The molecule has 0 aromatic heterocycles. The Balaban J connectivity index is 1.49. The molecule has 1 saturated carbocycles. The third kappa shape index (κ3) is 4.63. The smallest absolute Gasteiger partial charge is 0.325 e. The van der Waals surface area contributed by atoms with Crippen LogP contribution in [0.15, 0.2) is 63.5 Å². The van der Waals surface area contributed by atoms with Crippen molar-refractivity contribution in [3.63, 3.8) is 0 Å². The van der Waals surface area contributed by atoms with Gasteiger partial charge in [-0.25, -0.2) is 4.40 Å². The van der Waals surface area contributed by atoms with Crippen molar-refractivity contribution in [2.75, 3.05) is 5.32 Å². The van der Waals surface area contributed by atoms with Crippen LogP contribution in [-0.4, -0.2) is 17.8 Å². The molecule has 188 valence electrons.